The van der Waals surface area contributed by atoms with Gasteiger partial charge in [-0.05, 0) is 18.2 Å². The van der Waals surface area contributed by atoms with Crippen LogP contribution in [0.25, 0.3) is 0 Å². The van der Waals surface area contributed by atoms with Gasteiger partial charge in [-0.1, -0.05) is 0 Å². The lowest BCUT2D eigenvalue weighted by Crippen LogP contribution is -1.99. The van der Waals surface area contributed by atoms with Crippen LogP contribution in [-0.4, -0.2) is 13.7 Å². The monoisotopic (exact) mass is 218 g/mol. The minimum absolute atomic E-state index is 0.167. The van der Waals surface area contributed by atoms with E-state index < -0.39 is 11.6 Å². The highest BCUT2D eigenvalue weighted by Gasteiger charge is 2.14. The maximum absolute atomic E-state index is 13.2. The summed E-state index contributed by atoms with van der Waals surface area (Å²) in [5.74, 6) is -2.77. The van der Waals surface area contributed by atoms with Crippen molar-refractivity contribution in [3.8, 4) is 11.5 Å². The summed E-state index contributed by atoms with van der Waals surface area (Å²) in [5.41, 5.74) is 0. The Hall–Kier alpha value is -1.65. The third-order valence-electron chi connectivity index (χ3n) is 1.66. The molecule has 1 aromatic carbocycles. The van der Waals surface area contributed by atoms with Gasteiger partial charge < -0.3 is 9.47 Å². The molecule has 0 aliphatic carbocycles. The van der Waals surface area contributed by atoms with Crippen LogP contribution < -0.4 is 9.47 Å². The molecular weight excluding hydrogens is 209 g/mol. The second-order valence-corrected chi connectivity index (χ2v) is 2.57. The van der Waals surface area contributed by atoms with E-state index in [1.807, 2.05) is 0 Å². The minimum atomic E-state index is -1.15. The molecule has 0 atom stereocenters. The first kappa shape index (κ1) is 11.4. The van der Waals surface area contributed by atoms with E-state index in [9.17, 15) is 13.2 Å². The SMILES string of the molecule is COc1ccc(OC/C=C/F)c(F)c1F. The first-order valence-corrected chi connectivity index (χ1v) is 4.10. The summed E-state index contributed by atoms with van der Waals surface area (Å²) in [7, 11) is 1.23. The average Bonchev–Trinajstić information content (AvgIpc) is 2.25. The Morgan fingerprint density at radius 3 is 2.40 bits per heavy atom. The largest absolute Gasteiger partial charge is 0.494 e. The summed E-state index contributed by atoms with van der Waals surface area (Å²) >= 11 is 0. The Bertz CT molecular complexity index is 364. The summed E-state index contributed by atoms with van der Waals surface area (Å²) < 4.78 is 47.1. The van der Waals surface area contributed by atoms with Gasteiger partial charge in [0, 0.05) is 0 Å². The standard InChI is InChI=1S/C10H9F3O2/c1-14-7-3-4-8(10(13)9(7)12)15-6-2-5-11/h2-5H,6H2,1H3/b5-2+. The van der Waals surface area contributed by atoms with E-state index in [1.54, 1.807) is 0 Å². The fourth-order valence-electron chi connectivity index (χ4n) is 0.957. The van der Waals surface area contributed by atoms with Gasteiger partial charge in [0.1, 0.15) is 6.61 Å². The van der Waals surface area contributed by atoms with E-state index in [4.69, 9.17) is 4.74 Å². The molecule has 15 heavy (non-hydrogen) atoms. The molecule has 0 radical (unpaired) electrons. The van der Waals surface area contributed by atoms with Gasteiger partial charge >= 0.3 is 0 Å². The van der Waals surface area contributed by atoms with Crippen LogP contribution in [0.15, 0.2) is 24.5 Å². The van der Waals surface area contributed by atoms with E-state index in [0.29, 0.717) is 0 Å². The fourth-order valence-corrected chi connectivity index (χ4v) is 0.957. The van der Waals surface area contributed by atoms with Gasteiger partial charge in [-0.2, -0.15) is 8.78 Å². The zero-order chi connectivity index (χ0) is 11.3. The van der Waals surface area contributed by atoms with Crippen molar-refractivity contribution in [1.29, 1.82) is 0 Å². The van der Waals surface area contributed by atoms with Gasteiger partial charge in [0.2, 0.25) is 11.6 Å². The molecule has 0 N–H and O–H groups in total. The molecule has 0 aliphatic heterocycles. The van der Waals surface area contributed by atoms with Crippen molar-refractivity contribution in [2.75, 3.05) is 13.7 Å². The average molecular weight is 218 g/mol. The highest BCUT2D eigenvalue weighted by Crippen LogP contribution is 2.27. The smallest absolute Gasteiger partial charge is 0.204 e. The predicted molar refractivity (Wildman–Crippen MR) is 48.7 cm³/mol. The molecule has 0 aromatic heterocycles. The first-order valence-electron chi connectivity index (χ1n) is 4.10. The second-order valence-electron chi connectivity index (χ2n) is 2.57. The van der Waals surface area contributed by atoms with Gasteiger partial charge in [0.15, 0.2) is 11.5 Å². The third kappa shape index (κ3) is 2.65. The van der Waals surface area contributed by atoms with E-state index in [-0.39, 0.29) is 24.4 Å². The lowest BCUT2D eigenvalue weighted by Gasteiger charge is -2.07. The van der Waals surface area contributed by atoms with E-state index in [0.717, 1.165) is 6.08 Å². The zero-order valence-electron chi connectivity index (χ0n) is 7.97. The van der Waals surface area contributed by atoms with Crippen LogP contribution in [0.1, 0.15) is 0 Å². The van der Waals surface area contributed by atoms with Crippen LogP contribution in [0.5, 0.6) is 11.5 Å². The molecule has 0 saturated carbocycles. The van der Waals surface area contributed by atoms with Crippen molar-refractivity contribution in [2.45, 2.75) is 0 Å². The van der Waals surface area contributed by atoms with Crippen molar-refractivity contribution in [3.63, 3.8) is 0 Å². The molecule has 0 aliphatic rings. The Labute approximate surface area is 84.9 Å². The van der Waals surface area contributed by atoms with Gasteiger partial charge in [0.25, 0.3) is 0 Å². The summed E-state index contributed by atoms with van der Waals surface area (Å²) in [4.78, 5) is 0. The van der Waals surface area contributed by atoms with Crippen LogP contribution in [0.2, 0.25) is 0 Å². The molecule has 0 fully saturated rings. The molecule has 0 saturated heterocycles. The molecule has 0 amide bonds. The summed E-state index contributed by atoms with van der Waals surface area (Å²) in [5, 5.41) is 0. The second kappa shape index (κ2) is 5.29. The normalized spacial score (nSPS) is 10.7. The molecule has 2 nitrogen and oxygen atoms in total. The molecular formula is C10H9F3O2. The van der Waals surface area contributed by atoms with Gasteiger partial charge in [-0.15, -0.1) is 0 Å². The molecule has 0 bridgehead atoms. The fraction of sp³-hybridized carbons (Fsp3) is 0.200. The lowest BCUT2D eigenvalue weighted by molar-refractivity contribution is 0.319. The van der Waals surface area contributed by atoms with E-state index >= 15 is 0 Å². The number of halogens is 3. The van der Waals surface area contributed by atoms with Gasteiger partial charge in [-0.3, -0.25) is 0 Å². The topological polar surface area (TPSA) is 18.5 Å². The predicted octanol–water partition coefficient (Wildman–Crippen LogP) is 2.84. The Kier molecular flexibility index (Phi) is 4.03. The summed E-state index contributed by atoms with van der Waals surface area (Å²) in [6.07, 6.45) is 1.29. The number of benzene rings is 1. The lowest BCUT2D eigenvalue weighted by atomic mass is 10.3. The molecule has 1 aromatic rings. The molecule has 1 rings (SSSR count). The molecule has 0 spiro atoms. The van der Waals surface area contributed by atoms with Crippen molar-refractivity contribution in [3.05, 3.63) is 36.2 Å². The van der Waals surface area contributed by atoms with Crippen molar-refractivity contribution >= 4 is 0 Å². The quantitative estimate of drug-likeness (QED) is 0.773. The highest BCUT2D eigenvalue weighted by molar-refractivity contribution is 5.34. The minimum Gasteiger partial charge on any atom is -0.494 e. The first-order chi connectivity index (χ1) is 7.20. The Morgan fingerprint density at radius 1 is 1.20 bits per heavy atom. The number of hydrogen-bond acceptors (Lipinski definition) is 2. The number of ether oxygens (including phenoxy) is 2. The Morgan fingerprint density at radius 2 is 1.80 bits per heavy atom. The molecule has 0 heterocycles. The Balaban J connectivity index is 2.86. The van der Waals surface area contributed by atoms with E-state index in [1.165, 1.54) is 19.2 Å². The van der Waals surface area contributed by atoms with Crippen molar-refractivity contribution in [1.82, 2.24) is 0 Å². The van der Waals surface area contributed by atoms with Crippen molar-refractivity contribution < 1.29 is 22.6 Å². The maximum atomic E-state index is 13.2. The van der Waals surface area contributed by atoms with Crippen LogP contribution >= 0.6 is 0 Å². The van der Waals surface area contributed by atoms with Crippen LogP contribution in [0, 0.1) is 11.6 Å². The van der Waals surface area contributed by atoms with Crippen LogP contribution in [-0.2, 0) is 0 Å². The van der Waals surface area contributed by atoms with Gasteiger partial charge in [0.05, 0.1) is 13.4 Å². The zero-order valence-corrected chi connectivity index (χ0v) is 7.97. The number of rotatable bonds is 4. The highest BCUT2D eigenvalue weighted by atomic mass is 19.2. The number of methoxy groups -OCH3 is 1. The third-order valence-corrected chi connectivity index (χ3v) is 1.66. The molecule has 0 unspecified atom stereocenters. The van der Waals surface area contributed by atoms with Crippen LogP contribution in [0.3, 0.4) is 0 Å². The molecule has 82 valence electrons. The summed E-state index contributed by atoms with van der Waals surface area (Å²) in [6, 6.07) is 2.44. The maximum Gasteiger partial charge on any atom is 0.204 e. The number of hydrogen-bond donors (Lipinski definition) is 0. The van der Waals surface area contributed by atoms with Crippen molar-refractivity contribution in [2.24, 2.45) is 0 Å². The summed E-state index contributed by atoms with van der Waals surface area (Å²) in [6.45, 7) is -0.167. The van der Waals surface area contributed by atoms with E-state index in [2.05, 4.69) is 4.74 Å². The molecule has 5 heteroatoms. The van der Waals surface area contributed by atoms with Crippen LogP contribution in [0.4, 0.5) is 13.2 Å². The van der Waals surface area contributed by atoms with Gasteiger partial charge in [-0.25, -0.2) is 4.39 Å².